The summed E-state index contributed by atoms with van der Waals surface area (Å²) in [7, 11) is 0. The van der Waals surface area contributed by atoms with Crippen molar-refractivity contribution in [2.24, 2.45) is 4.99 Å². The van der Waals surface area contributed by atoms with Gasteiger partial charge < -0.3 is 0 Å². The molecule has 0 radical (unpaired) electrons. The van der Waals surface area contributed by atoms with Gasteiger partial charge in [0, 0.05) is 5.56 Å². The summed E-state index contributed by atoms with van der Waals surface area (Å²) >= 11 is 1.55. The highest BCUT2D eigenvalue weighted by Crippen LogP contribution is 2.23. The van der Waals surface area contributed by atoms with Gasteiger partial charge in [0.15, 0.2) is 5.82 Å². The van der Waals surface area contributed by atoms with Gasteiger partial charge in [-0.1, -0.05) is 60.7 Å². The molecule has 4 heteroatoms. The van der Waals surface area contributed by atoms with Crippen molar-refractivity contribution in [3.05, 3.63) is 95.3 Å². The van der Waals surface area contributed by atoms with E-state index in [1.165, 1.54) is 5.56 Å². The van der Waals surface area contributed by atoms with Gasteiger partial charge in [-0.3, -0.25) is 0 Å². The van der Waals surface area contributed by atoms with E-state index in [2.05, 4.69) is 52.3 Å². The zero-order valence-corrected chi connectivity index (χ0v) is 14.6. The lowest BCUT2D eigenvalue weighted by Crippen LogP contribution is -1.97. The van der Waals surface area contributed by atoms with E-state index in [1.807, 2.05) is 48.5 Å². The van der Waals surface area contributed by atoms with E-state index in [0.717, 1.165) is 27.6 Å². The number of aromatic nitrogens is 2. The molecule has 0 bridgehead atoms. The van der Waals surface area contributed by atoms with Crippen molar-refractivity contribution in [3.8, 4) is 17.1 Å². The van der Waals surface area contributed by atoms with E-state index in [9.17, 15) is 0 Å². The lowest BCUT2D eigenvalue weighted by molar-refractivity contribution is 1.12. The van der Waals surface area contributed by atoms with Crippen molar-refractivity contribution in [2.75, 3.05) is 0 Å². The average Bonchev–Trinajstić information content (AvgIpc) is 3.07. The monoisotopic (exact) mass is 343 g/mol. The van der Waals surface area contributed by atoms with Crippen molar-refractivity contribution in [1.29, 1.82) is 0 Å². The smallest absolute Gasteiger partial charge is 0.228 e. The van der Waals surface area contributed by atoms with Crippen LogP contribution in [0.25, 0.3) is 17.1 Å². The van der Waals surface area contributed by atoms with Crippen LogP contribution in [0, 0.1) is 6.92 Å². The van der Waals surface area contributed by atoms with Gasteiger partial charge >= 0.3 is 0 Å². The van der Waals surface area contributed by atoms with Gasteiger partial charge in [-0.25, -0.2) is 8.95 Å². The SMILES string of the molecule is Cc1cccc(-n2sc(=Nc3ccccc3)nc2-c2ccccc2)c1. The van der Waals surface area contributed by atoms with Crippen molar-refractivity contribution < 1.29 is 0 Å². The third-order valence-corrected chi connectivity index (χ3v) is 4.73. The van der Waals surface area contributed by atoms with Gasteiger partial charge in [0.05, 0.1) is 11.4 Å². The minimum Gasteiger partial charge on any atom is -0.246 e. The van der Waals surface area contributed by atoms with Gasteiger partial charge in [0.2, 0.25) is 4.80 Å². The molecule has 3 nitrogen and oxygen atoms in total. The molecule has 4 aromatic rings. The first kappa shape index (κ1) is 15.5. The summed E-state index contributed by atoms with van der Waals surface area (Å²) in [6.45, 7) is 2.10. The Bertz CT molecular complexity index is 1050. The van der Waals surface area contributed by atoms with Crippen LogP contribution in [0.2, 0.25) is 0 Å². The maximum atomic E-state index is 4.80. The highest BCUT2D eigenvalue weighted by atomic mass is 32.1. The van der Waals surface area contributed by atoms with Crippen molar-refractivity contribution >= 4 is 17.2 Å². The summed E-state index contributed by atoms with van der Waals surface area (Å²) in [4.78, 5) is 10.2. The fourth-order valence-corrected chi connectivity index (χ4v) is 3.53. The first-order valence-electron chi connectivity index (χ1n) is 8.12. The van der Waals surface area contributed by atoms with Gasteiger partial charge in [-0.15, -0.1) is 0 Å². The zero-order valence-electron chi connectivity index (χ0n) is 13.8. The Labute approximate surface area is 150 Å². The zero-order chi connectivity index (χ0) is 17.1. The van der Waals surface area contributed by atoms with Gasteiger partial charge in [-0.2, -0.15) is 4.98 Å². The van der Waals surface area contributed by atoms with Crippen LogP contribution < -0.4 is 4.80 Å². The molecular weight excluding hydrogens is 326 g/mol. The Kier molecular flexibility index (Phi) is 4.27. The predicted molar refractivity (Wildman–Crippen MR) is 103 cm³/mol. The Morgan fingerprint density at radius 1 is 0.840 bits per heavy atom. The topological polar surface area (TPSA) is 30.2 Å². The molecule has 3 aromatic carbocycles. The number of rotatable bonds is 3. The van der Waals surface area contributed by atoms with Gasteiger partial charge in [-0.05, 0) is 48.3 Å². The van der Waals surface area contributed by atoms with Crippen LogP contribution in [-0.2, 0) is 0 Å². The largest absolute Gasteiger partial charge is 0.246 e. The van der Waals surface area contributed by atoms with E-state index in [1.54, 1.807) is 11.5 Å². The number of para-hydroxylation sites is 1. The van der Waals surface area contributed by atoms with Crippen LogP contribution >= 0.6 is 11.5 Å². The second-order valence-electron chi connectivity index (χ2n) is 5.76. The lowest BCUT2D eigenvalue weighted by atomic mass is 10.2. The molecule has 0 fully saturated rings. The van der Waals surface area contributed by atoms with E-state index in [4.69, 9.17) is 4.98 Å². The van der Waals surface area contributed by atoms with E-state index < -0.39 is 0 Å². The van der Waals surface area contributed by atoms with Crippen LogP contribution in [0.15, 0.2) is 89.9 Å². The minimum absolute atomic E-state index is 0.742. The molecule has 4 rings (SSSR count). The normalized spacial score (nSPS) is 11.6. The van der Waals surface area contributed by atoms with Gasteiger partial charge in [0.25, 0.3) is 0 Å². The summed E-state index contributed by atoms with van der Waals surface area (Å²) in [5.41, 5.74) is 4.31. The summed E-state index contributed by atoms with van der Waals surface area (Å²) in [6.07, 6.45) is 0. The Morgan fingerprint density at radius 2 is 1.56 bits per heavy atom. The molecular formula is C21H17N3S. The first-order chi connectivity index (χ1) is 12.3. The van der Waals surface area contributed by atoms with E-state index >= 15 is 0 Å². The Hall–Kier alpha value is -2.98. The molecule has 0 aliphatic heterocycles. The summed E-state index contributed by atoms with van der Waals surface area (Å²) in [6, 6.07) is 28.6. The summed E-state index contributed by atoms with van der Waals surface area (Å²) in [5, 5.41) is 0. The first-order valence-corrected chi connectivity index (χ1v) is 8.89. The molecule has 122 valence electrons. The Morgan fingerprint density at radius 3 is 2.28 bits per heavy atom. The van der Waals surface area contributed by atoms with Crippen molar-refractivity contribution in [3.63, 3.8) is 0 Å². The molecule has 0 N–H and O–H groups in total. The highest BCUT2D eigenvalue weighted by Gasteiger charge is 2.10. The van der Waals surface area contributed by atoms with Crippen LogP contribution in [0.1, 0.15) is 5.56 Å². The van der Waals surface area contributed by atoms with Gasteiger partial charge in [0.1, 0.15) is 0 Å². The molecule has 25 heavy (non-hydrogen) atoms. The van der Waals surface area contributed by atoms with Crippen molar-refractivity contribution in [2.45, 2.75) is 6.92 Å². The maximum Gasteiger partial charge on any atom is 0.228 e. The second-order valence-corrected chi connectivity index (χ2v) is 6.67. The fourth-order valence-electron chi connectivity index (χ4n) is 2.64. The molecule has 1 aromatic heterocycles. The Balaban J connectivity index is 1.91. The molecule has 0 atom stereocenters. The minimum atomic E-state index is 0.742. The lowest BCUT2D eigenvalue weighted by Gasteiger charge is -2.06. The average molecular weight is 343 g/mol. The maximum absolute atomic E-state index is 4.80. The quantitative estimate of drug-likeness (QED) is 0.506. The molecule has 1 heterocycles. The van der Waals surface area contributed by atoms with E-state index in [-0.39, 0.29) is 0 Å². The molecule has 0 amide bonds. The molecule has 0 aliphatic rings. The number of hydrogen-bond acceptors (Lipinski definition) is 3. The third-order valence-electron chi connectivity index (χ3n) is 3.82. The number of benzene rings is 3. The second kappa shape index (κ2) is 6.87. The van der Waals surface area contributed by atoms with Crippen LogP contribution in [-0.4, -0.2) is 8.94 Å². The summed E-state index contributed by atoms with van der Waals surface area (Å²) < 4.78 is 2.14. The fraction of sp³-hybridized carbons (Fsp3) is 0.0476. The molecule has 0 saturated heterocycles. The van der Waals surface area contributed by atoms with Crippen LogP contribution in [0.3, 0.4) is 0 Å². The van der Waals surface area contributed by atoms with E-state index in [0.29, 0.717) is 0 Å². The number of aryl methyl sites for hydroxylation is 1. The summed E-state index contributed by atoms with van der Waals surface area (Å²) in [5.74, 6) is 0.908. The number of hydrogen-bond donors (Lipinski definition) is 0. The molecule has 0 saturated carbocycles. The van der Waals surface area contributed by atoms with Crippen LogP contribution in [0.5, 0.6) is 0 Å². The van der Waals surface area contributed by atoms with Crippen LogP contribution in [0.4, 0.5) is 5.69 Å². The molecule has 0 unspecified atom stereocenters. The number of nitrogens with zero attached hydrogens (tertiary/aromatic N) is 3. The third kappa shape index (κ3) is 3.44. The van der Waals surface area contributed by atoms with Crippen molar-refractivity contribution in [1.82, 2.24) is 8.94 Å². The highest BCUT2D eigenvalue weighted by molar-refractivity contribution is 7.04. The molecule has 0 spiro atoms. The standard InChI is InChI=1S/C21H17N3S/c1-16-9-8-14-19(15-16)24-20(17-10-4-2-5-11-17)23-21(25-24)22-18-12-6-3-7-13-18/h2-15H,1H3. The molecule has 0 aliphatic carbocycles. The predicted octanol–water partition coefficient (Wildman–Crippen LogP) is 5.14.